The number of aliphatic imine (C=N–C) groups is 1. The quantitative estimate of drug-likeness (QED) is 0.259. The number of halogens is 2. The maximum absolute atomic E-state index is 12.3. The zero-order valence-corrected chi connectivity index (χ0v) is 21.2. The monoisotopic (exact) mass is 562 g/mol. The van der Waals surface area contributed by atoms with Gasteiger partial charge in [0.25, 0.3) is 5.91 Å². The number of carbonyl (C=O) groups is 1. The highest BCUT2D eigenvalue weighted by molar-refractivity contribution is 14.1. The van der Waals surface area contributed by atoms with Crippen LogP contribution in [0.25, 0.3) is 0 Å². The van der Waals surface area contributed by atoms with Crippen molar-refractivity contribution < 1.29 is 14.3 Å². The molecule has 0 unspecified atom stereocenters. The van der Waals surface area contributed by atoms with Crippen molar-refractivity contribution in [2.24, 2.45) is 4.99 Å². The first kappa shape index (κ1) is 24.1. The van der Waals surface area contributed by atoms with Crippen molar-refractivity contribution in [3.63, 3.8) is 0 Å². The Hall–Kier alpha value is -2.58. The summed E-state index contributed by atoms with van der Waals surface area (Å²) >= 11 is 8.28. The van der Waals surface area contributed by atoms with Gasteiger partial charge in [-0.3, -0.25) is 9.79 Å². The Balaban J connectivity index is 1.72. The number of carbonyl (C=O) groups excluding carboxylic acids is 1. The molecule has 0 heterocycles. The minimum Gasteiger partial charge on any atom is -0.493 e. The van der Waals surface area contributed by atoms with Gasteiger partial charge in [0, 0.05) is 16.9 Å². The van der Waals surface area contributed by atoms with Crippen molar-refractivity contribution in [3.8, 4) is 11.5 Å². The number of hydrogen-bond acceptors (Lipinski definition) is 4. The van der Waals surface area contributed by atoms with Crippen LogP contribution in [0.3, 0.4) is 0 Å². The van der Waals surface area contributed by atoms with Crippen molar-refractivity contribution in [1.29, 1.82) is 0 Å². The van der Waals surface area contributed by atoms with E-state index in [2.05, 4.69) is 45.0 Å². The molecule has 3 rings (SSSR count). The van der Waals surface area contributed by atoms with Gasteiger partial charge in [-0.05, 0) is 95.9 Å². The van der Waals surface area contributed by atoms with Crippen LogP contribution < -0.4 is 14.8 Å². The fourth-order valence-electron chi connectivity index (χ4n) is 2.96. The molecule has 0 spiro atoms. The lowest BCUT2D eigenvalue weighted by Gasteiger charge is -2.14. The fraction of sp³-hybridized carbons (Fsp3) is 0.200. The van der Waals surface area contributed by atoms with Gasteiger partial charge >= 0.3 is 0 Å². The number of hydrogen-bond donors (Lipinski definition) is 1. The summed E-state index contributed by atoms with van der Waals surface area (Å²) in [6.45, 7) is 5.82. The summed E-state index contributed by atoms with van der Waals surface area (Å²) < 4.78 is 12.1. The van der Waals surface area contributed by atoms with E-state index in [9.17, 15) is 4.79 Å². The number of methoxy groups -OCH3 is 1. The zero-order valence-electron chi connectivity index (χ0n) is 18.3. The molecule has 0 fully saturated rings. The first-order valence-corrected chi connectivity index (χ1v) is 11.4. The van der Waals surface area contributed by atoms with Crippen molar-refractivity contribution in [1.82, 2.24) is 0 Å². The van der Waals surface area contributed by atoms with Crippen LogP contribution in [0.4, 0.5) is 11.4 Å². The van der Waals surface area contributed by atoms with E-state index in [1.807, 2.05) is 45.0 Å². The second-order valence-electron chi connectivity index (χ2n) is 7.38. The van der Waals surface area contributed by atoms with Crippen LogP contribution in [0.2, 0.25) is 5.02 Å². The predicted molar refractivity (Wildman–Crippen MR) is 139 cm³/mol. The molecule has 0 saturated heterocycles. The minimum atomic E-state index is -0.289. The zero-order chi connectivity index (χ0) is 23.3. The van der Waals surface area contributed by atoms with E-state index in [-0.39, 0.29) is 12.5 Å². The van der Waals surface area contributed by atoms with Crippen LogP contribution in [-0.4, -0.2) is 25.8 Å². The predicted octanol–water partition coefficient (Wildman–Crippen LogP) is 6.65. The molecule has 0 saturated carbocycles. The third-order valence-corrected chi connectivity index (χ3v) is 5.98. The minimum absolute atomic E-state index is 0.159. The van der Waals surface area contributed by atoms with Crippen molar-refractivity contribution in [2.75, 3.05) is 19.0 Å². The molecule has 32 heavy (non-hydrogen) atoms. The smallest absolute Gasteiger partial charge is 0.262 e. The van der Waals surface area contributed by atoms with E-state index in [1.54, 1.807) is 25.5 Å². The third-order valence-electron chi connectivity index (χ3n) is 4.77. The first-order chi connectivity index (χ1) is 15.3. The molecule has 0 radical (unpaired) electrons. The van der Waals surface area contributed by atoms with Gasteiger partial charge < -0.3 is 14.8 Å². The molecule has 0 aliphatic carbocycles. The average Bonchev–Trinajstić information content (AvgIpc) is 2.75. The fourth-order valence-corrected chi connectivity index (χ4v) is 3.92. The highest BCUT2D eigenvalue weighted by Crippen LogP contribution is 2.34. The number of ether oxygens (including phenoxy) is 2. The molecule has 0 aliphatic rings. The molecule has 0 bridgehead atoms. The standard InChI is InChI=1S/C25H24ClIN2O3/c1-15-5-6-17(3)22(9-15)28-13-18-10-21(27)25(23(11-18)31-4)32-14-24(30)29-19-8-7-16(2)20(26)12-19/h5-13H,14H2,1-4H3,(H,29,30). The second-order valence-corrected chi connectivity index (χ2v) is 8.95. The number of rotatable bonds is 7. The number of nitrogens with zero attached hydrogens (tertiary/aromatic N) is 1. The molecule has 3 aromatic rings. The highest BCUT2D eigenvalue weighted by Gasteiger charge is 2.14. The van der Waals surface area contributed by atoms with Gasteiger partial charge in [0.2, 0.25) is 0 Å². The summed E-state index contributed by atoms with van der Waals surface area (Å²) in [6.07, 6.45) is 1.80. The summed E-state index contributed by atoms with van der Waals surface area (Å²) in [6, 6.07) is 15.3. The van der Waals surface area contributed by atoms with Crippen molar-refractivity contribution >= 4 is 57.7 Å². The molecule has 1 N–H and O–H groups in total. The third kappa shape index (κ3) is 6.23. The summed E-state index contributed by atoms with van der Waals surface area (Å²) in [5.74, 6) is 0.753. The molecule has 1 amide bonds. The first-order valence-electron chi connectivity index (χ1n) is 9.94. The highest BCUT2D eigenvalue weighted by atomic mass is 127. The van der Waals surface area contributed by atoms with Crippen LogP contribution in [-0.2, 0) is 4.79 Å². The Labute approximate surface area is 206 Å². The van der Waals surface area contributed by atoms with Crippen LogP contribution in [0.15, 0.2) is 53.5 Å². The van der Waals surface area contributed by atoms with Gasteiger partial charge in [-0.25, -0.2) is 0 Å². The van der Waals surface area contributed by atoms with E-state index in [1.165, 1.54) is 0 Å². The number of aryl methyl sites for hydroxylation is 3. The van der Waals surface area contributed by atoms with Crippen LogP contribution in [0.5, 0.6) is 11.5 Å². The topological polar surface area (TPSA) is 59.9 Å². The molecular formula is C25H24ClIN2O3. The van der Waals surface area contributed by atoms with Gasteiger partial charge in [-0.2, -0.15) is 0 Å². The maximum Gasteiger partial charge on any atom is 0.262 e. The van der Waals surface area contributed by atoms with Gasteiger partial charge in [-0.15, -0.1) is 0 Å². The lowest BCUT2D eigenvalue weighted by molar-refractivity contribution is -0.118. The Kier molecular flexibility index (Phi) is 8.15. The van der Waals surface area contributed by atoms with E-state index in [4.69, 9.17) is 21.1 Å². The van der Waals surface area contributed by atoms with Crippen LogP contribution >= 0.6 is 34.2 Å². The lowest BCUT2D eigenvalue weighted by atomic mass is 10.1. The summed E-state index contributed by atoms with van der Waals surface area (Å²) in [5, 5.41) is 3.38. The molecule has 7 heteroatoms. The van der Waals surface area contributed by atoms with Crippen molar-refractivity contribution in [2.45, 2.75) is 20.8 Å². The Bertz CT molecular complexity index is 1180. The van der Waals surface area contributed by atoms with E-state index >= 15 is 0 Å². The summed E-state index contributed by atoms with van der Waals surface area (Å²) in [5.41, 5.74) is 5.62. The SMILES string of the molecule is COc1cc(C=Nc2cc(C)ccc2C)cc(I)c1OCC(=O)Nc1ccc(C)c(Cl)c1. The summed E-state index contributed by atoms with van der Waals surface area (Å²) in [7, 11) is 1.57. The van der Waals surface area contributed by atoms with Gasteiger partial charge in [0.1, 0.15) is 0 Å². The molecule has 0 aliphatic heterocycles. The number of amides is 1. The largest absolute Gasteiger partial charge is 0.493 e. The van der Waals surface area contributed by atoms with Gasteiger partial charge in [0.05, 0.1) is 16.4 Å². The molecule has 3 aromatic carbocycles. The number of nitrogens with one attached hydrogen (secondary N) is 1. The average molecular weight is 563 g/mol. The summed E-state index contributed by atoms with van der Waals surface area (Å²) in [4.78, 5) is 17.0. The maximum atomic E-state index is 12.3. The Morgan fingerprint density at radius 3 is 2.56 bits per heavy atom. The van der Waals surface area contributed by atoms with Gasteiger partial charge in [-0.1, -0.05) is 29.8 Å². The molecule has 5 nitrogen and oxygen atoms in total. The van der Waals surface area contributed by atoms with E-state index in [0.717, 1.165) is 31.5 Å². The Morgan fingerprint density at radius 2 is 1.84 bits per heavy atom. The Morgan fingerprint density at radius 1 is 1.09 bits per heavy atom. The van der Waals surface area contributed by atoms with E-state index < -0.39 is 0 Å². The number of anilines is 1. The molecule has 0 atom stereocenters. The van der Waals surface area contributed by atoms with Crippen LogP contribution in [0.1, 0.15) is 22.3 Å². The van der Waals surface area contributed by atoms with E-state index in [0.29, 0.717) is 22.2 Å². The van der Waals surface area contributed by atoms with Crippen molar-refractivity contribution in [3.05, 3.63) is 79.4 Å². The molecular weight excluding hydrogens is 539 g/mol. The molecule has 166 valence electrons. The van der Waals surface area contributed by atoms with Gasteiger partial charge in [0.15, 0.2) is 18.1 Å². The van der Waals surface area contributed by atoms with Crippen LogP contribution in [0, 0.1) is 24.3 Å². The normalized spacial score (nSPS) is 10.9. The number of benzene rings is 3. The second kappa shape index (κ2) is 10.8. The lowest BCUT2D eigenvalue weighted by Crippen LogP contribution is -2.20. The molecule has 0 aromatic heterocycles.